The van der Waals surface area contributed by atoms with Crippen LogP contribution in [0.3, 0.4) is 0 Å². The third-order valence-corrected chi connectivity index (χ3v) is 2.65. The summed E-state index contributed by atoms with van der Waals surface area (Å²) in [5.41, 5.74) is 0.703. The van der Waals surface area contributed by atoms with Crippen molar-refractivity contribution >= 4 is 22.7 Å². The fraction of sp³-hybridized carbons (Fsp3) is 0.500. The summed E-state index contributed by atoms with van der Waals surface area (Å²) in [7, 11) is 0. The van der Waals surface area contributed by atoms with Gasteiger partial charge in [-0.3, -0.25) is 0 Å². The smallest absolute Gasteiger partial charge is 0.185 e. The summed E-state index contributed by atoms with van der Waals surface area (Å²) in [5.74, 6) is 0. The summed E-state index contributed by atoms with van der Waals surface area (Å²) in [6, 6.07) is 0. The van der Waals surface area contributed by atoms with E-state index >= 15 is 0 Å². The molecular formula is C8H13N3OS. The van der Waals surface area contributed by atoms with Crippen LogP contribution in [0, 0.1) is 0 Å². The van der Waals surface area contributed by atoms with Gasteiger partial charge in [0.25, 0.3) is 0 Å². The van der Waals surface area contributed by atoms with E-state index in [-0.39, 0.29) is 0 Å². The lowest BCUT2D eigenvalue weighted by Gasteiger charge is -2.16. The molecule has 5 heteroatoms. The first-order valence-corrected chi connectivity index (χ1v) is 5.07. The predicted molar refractivity (Wildman–Crippen MR) is 55.1 cm³/mol. The van der Waals surface area contributed by atoms with E-state index in [4.69, 9.17) is 5.21 Å². The van der Waals surface area contributed by atoms with Crippen LogP contribution in [-0.4, -0.2) is 29.5 Å². The lowest BCUT2D eigenvalue weighted by molar-refractivity contribution is 0.321. The van der Waals surface area contributed by atoms with Crippen LogP contribution in [-0.2, 0) is 0 Å². The van der Waals surface area contributed by atoms with Crippen molar-refractivity contribution in [1.82, 2.24) is 4.98 Å². The van der Waals surface area contributed by atoms with E-state index in [9.17, 15) is 0 Å². The maximum atomic E-state index is 8.30. The SMILES string of the molecule is CCN(CC)c1nc(C=NO)cs1. The number of hydrogen-bond donors (Lipinski definition) is 1. The zero-order valence-electron chi connectivity index (χ0n) is 7.77. The summed E-state index contributed by atoms with van der Waals surface area (Å²) < 4.78 is 0. The zero-order chi connectivity index (χ0) is 9.68. The molecule has 72 valence electrons. The van der Waals surface area contributed by atoms with Gasteiger partial charge >= 0.3 is 0 Å². The van der Waals surface area contributed by atoms with Gasteiger partial charge in [-0.1, -0.05) is 5.16 Å². The Morgan fingerprint density at radius 2 is 2.31 bits per heavy atom. The van der Waals surface area contributed by atoms with Gasteiger partial charge in [0.15, 0.2) is 5.13 Å². The minimum atomic E-state index is 0.703. The molecule has 1 rings (SSSR count). The second kappa shape index (κ2) is 4.81. The number of oxime groups is 1. The predicted octanol–water partition coefficient (Wildman–Crippen LogP) is 1.80. The normalized spacial score (nSPS) is 10.9. The van der Waals surface area contributed by atoms with E-state index in [2.05, 4.69) is 28.9 Å². The molecule has 4 nitrogen and oxygen atoms in total. The fourth-order valence-corrected chi connectivity index (χ4v) is 1.94. The molecule has 0 unspecified atom stereocenters. The lowest BCUT2D eigenvalue weighted by atomic mass is 10.5. The lowest BCUT2D eigenvalue weighted by Crippen LogP contribution is -2.21. The van der Waals surface area contributed by atoms with Gasteiger partial charge in [-0.15, -0.1) is 11.3 Å². The molecule has 1 heterocycles. The minimum Gasteiger partial charge on any atom is -0.411 e. The van der Waals surface area contributed by atoms with Crippen LogP contribution < -0.4 is 4.90 Å². The van der Waals surface area contributed by atoms with E-state index in [0.717, 1.165) is 18.2 Å². The largest absolute Gasteiger partial charge is 0.411 e. The number of anilines is 1. The second-order valence-electron chi connectivity index (χ2n) is 2.47. The summed E-state index contributed by atoms with van der Waals surface area (Å²) in [4.78, 5) is 6.43. The van der Waals surface area contributed by atoms with E-state index < -0.39 is 0 Å². The number of thiazole rings is 1. The number of aromatic nitrogens is 1. The Morgan fingerprint density at radius 1 is 1.62 bits per heavy atom. The molecule has 0 amide bonds. The van der Waals surface area contributed by atoms with Gasteiger partial charge in [-0.2, -0.15) is 0 Å². The highest BCUT2D eigenvalue weighted by molar-refractivity contribution is 7.13. The van der Waals surface area contributed by atoms with Crippen molar-refractivity contribution in [2.24, 2.45) is 5.16 Å². The third-order valence-electron chi connectivity index (χ3n) is 1.73. The Balaban J connectivity index is 2.77. The van der Waals surface area contributed by atoms with Crippen molar-refractivity contribution < 1.29 is 5.21 Å². The highest BCUT2D eigenvalue weighted by Gasteiger charge is 2.05. The Bertz CT molecular complexity index is 281. The second-order valence-corrected chi connectivity index (χ2v) is 3.31. The van der Waals surface area contributed by atoms with Crippen LogP contribution in [0.5, 0.6) is 0 Å². The third kappa shape index (κ3) is 2.42. The molecular weight excluding hydrogens is 186 g/mol. The molecule has 0 aliphatic carbocycles. The summed E-state index contributed by atoms with van der Waals surface area (Å²) in [5, 5.41) is 14.1. The van der Waals surface area contributed by atoms with Crippen LogP contribution in [0.1, 0.15) is 19.5 Å². The van der Waals surface area contributed by atoms with Gasteiger partial charge in [0.2, 0.25) is 0 Å². The quantitative estimate of drug-likeness (QED) is 0.457. The number of nitrogens with zero attached hydrogens (tertiary/aromatic N) is 3. The Labute approximate surface area is 81.5 Å². The Hall–Kier alpha value is -1.10. The van der Waals surface area contributed by atoms with E-state index in [1.807, 2.05) is 5.38 Å². The molecule has 0 bridgehead atoms. The van der Waals surface area contributed by atoms with Crippen molar-refractivity contribution in [3.05, 3.63) is 11.1 Å². The van der Waals surface area contributed by atoms with Crippen LogP contribution in [0.15, 0.2) is 10.5 Å². The molecule has 13 heavy (non-hydrogen) atoms. The molecule has 0 atom stereocenters. The standard InChI is InChI=1S/C8H13N3OS/c1-3-11(4-2)8-10-7(5-9-12)6-13-8/h5-6,12H,3-4H2,1-2H3. The zero-order valence-corrected chi connectivity index (χ0v) is 8.58. The molecule has 1 aromatic rings. The maximum absolute atomic E-state index is 8.30. The molecule has 0 aromatic carbocycles. The molecule has 1 aromatic heterocycles. The highest BCUT2D eigenvalue weighted by Crippen LogP contribution is 2.18. The summed E-state index contributed by atoms with van der Waals surface area (Å²) in [6.45, 7) is 6.06. The first-order valence-electron chi connectivity index (χ1n) is 4.19. The van der Waals surface area contributed by atoms with Gasteiger partial charge in [-0.05, 0) is 13.8 Å². The van der Waals surface area contributed by atoms with Crippen LogP contribution in [0.4, 0.5) is 5.13 Å². The van der Waals surface area contributed by atoms with Crippen LogP contribution >= 0.6 is 11.3 Å². The van der Waals surface area contributed by atoms with Crippen molar-refractivity contribution in [1.29, 1.82) is 0 Å². The Morgan fingerprint density at radius 3 is 2.85 bits per heavy atom. The monoisotopic (exact) mass is 199 g/mol. The molecule has 0 fully saturated rings. The maximum Gasteiger partial charge on any atom is 0.185 e. The Kier molecular flexibility index (Phi) is 3.70. The van der Waals surface area contributed by atoms with E-state index in [0.29, 0.717) is 5.69 Å². The molecule has 0 radical (unpaired) electrons. The van der Waals surface area contributed by atoms with Gasteiger partial charge in [0.05, 0.1) is 11.9 Å². The molecule has 0 saturated heterocycles. The van der Waals surface area contributed by atoms with Gasteiger partial charge < -0.3 is 10.1 Å². The topological polar surface area (TPSA) is 48.7 Å². The average Bonchev–Trinajstić information content (AvgIpc) is 2.56. The summed E-state index contributed by atoms with van der Waals surface area (Å²) >= 11 is 1.56. The average molecular weight is 199 g/mol. The first-order chi connectivity index (χ1) is 6.31. The molecule has 1 N–H and O–H groups in total. The molecule has 0 spiro atoms. The molecule has 0 aliphatic rings. The highest BCUT2D eigenvalue weighted by atomic mass is 32.1. The molecule has 0 saturated carbocycles. The number of rotatable bonds is 4. The minimum absolute atomic E-state index is 0.703. The van der Waals surface area contributed by atoms with Gasteiger partial charge in [0, 0.05) is 18.5 Å². The van der Waals surface area contributed by atoms with Crippen molar-refractivity contribution in [2.45, 2.75) is 13.8 Å². The van der Waals surface area contributed by atoms with E-state index in [1.165, 1.54) is 6.21 Å². The summed E-state index contributed by atoms with van der Waals surface area (Å²) in [6.07, 6.45) is 1.34. The first kappa shape index (κ1) is 9.98. The van der Waals surface area contributed by atoms with Crippen molar-refractivity contribution in [3.63, 3.8) is 0 Å². The number of hydrogen-bond acceptors (Lipinski definition) is 5. The van der Waals surface area contributed by atoms with Crippen molar-refractivity contribution in [2.75, 3.05) is 18.0 Å². The van der Waals surface area contributed by atoms with Gasteiger partial charge in [0.1, 0.15) is 0 Å². The van der Waals surface area contributed by atoms with Crippen LogP contribution in [0.25, 0.3) is 0 Å². The van der Waals surface area contributed by atoms with Crippen molar-refractivity contribution in [3.8, 4) is 0 Å². The van der Waals surface area contributed by atoms with Gasteiger partial charge in [-0.25, -0.2) is 4.98 Å². The fourth-order valence-electron chi connectivity index (χ4n) is 1.03. The van der Waals surface area contributed by atoms with E-state index in [1.54, 1.807) is 11.3 Å². The molecule has 0 aliphatic heterocycles. The van der Waals surface area contributed by atoms with Crippen LogP contribution in [0.2, 0.25) is 0 Å².